The largest absolute Gasteiger partial charge is 0.383 e. The van der Waals surface area contributed by atoms with Gasteiger partial charge in [0, 0.05) is 22.7 Å². The zero-order chi connectivity index (χ0) is 18.4. The van der Waals surface area contributed by atoms with Crippen molar-refractivity contribution in [3.8, 4) is 11.1 Å². The Balaban J connectivity index is 1.96. The van der Waals surface area contributed by atoms with E-state index < -0.39 is 5.91 Å². The van der Waals surface area contributed by atoms with Crippen LogP contribution in [0.5, 0.6) is 0 Å². The Bertz CT molecular complexity index is 1050. The molecule has 1 atom stereocenters. The number of aryl methyl sites for hydroxylation is 1. The first-order valence-corrected chi connectivity index (χ1v) is 8.77. The summed E-state index contributed by atoms with van der Waals surface area (Å²) in [7, 11) is 0. The molecule has 3 aromatic rings. The molecule has 0 radical (unpaired) electrons. The maximum absolute atomic E-state index is 12.0. The number of hydrogen-bond donors (Lipinski definition) is 2. The van der Waals surface area contributed by atoms with Crippen LogP contribution in [0.2, 0.25) is 5.02 Å². The summed E-state index contributed by atoms with van der Waals surface area (Å²) in [6.45, 7) is 1.99. The van der Waals surface area contributed by atoms with Crippen LogP contribution in [0.15, 0.2) is 48.7 Å². The number of pyridine rings is 1. The van der Waals surface area contributed by atoms with Crippen molar-refractivity contribution < 1.29 is 4.79 Å². The van der Waals surface area contributed by atoms with Crippen LogP contribution in [-0.4, -0.2) is 10.9 Å². The number of nitrogens with two attached hydrogens (primary N) is 2. The maximum Gasteiger partial charge on any atom is 0.253 e. The number of halogens is 1. The number of fused-ring (bicyclic) bond motifs is 3. The van der Waals surface area contributed by atoms with E-state index >= 15 is 0 Å². The number of benzene rings is 2. The van der Waals surface area contributed by atoms with Gasteiger partial charge in [-0.2, -0.15) is 0 Å². The maximum atomic E-state index is 12.0. The molecule has 0 spiro atoms. The van der Waals surface area contributed by atoms with E-state index in [-0.39, 0.29) is 11.7 Å². The Labute approximate surface area is 156 Å². The van der Waals surface area contributed by atoms with Crippen molar-refractivity contribution in [3.63, 3.8) is 0 Å². The summed E-state index contributed by atoms with van der Waals surface area (Å²) in [6, 6.07) is 14.2. The smallest absolute Gasteiger partial charge is 0.253 e. The van der Waals surface area contributed by atoms with Crippen LogP contribution in [0, 0.1) is 6.92 Å². The van der Waals surface area contributed by atoms with Gasteiger partial charge in [-0.3, -0.25) is 4.79 Å². The molecule has 0 aliphatic heterocycles. The number of nitrogens with zero attached hydrogens (tertiary/aromatic N) is 1. The van der Waals surface area contributed by atoms with E-state index in [0.717, 1.165) is 38.4 Å². The number of rotatable bonds is 2. The molecule has 1 aliphatic carbocycles. The summed E-state index contributed by atoms with van der Waals surface area (Å²) in [5, 5.41) is 0.749. The SMILES string of the molecule is Cc1ccc(C2Cc3cnc(N)c(C(N)=O)c3-c3ccccc32)cc1Cl. The number of hydrogen-bond acceptors (Lipinski definition) is 3. The van der Waals surface area contributed by atoms with Gasteiger partial charge < -0.3 is 11.5 Å². The average Bonchev–Trinajstić information content (AvgIpc) is 2.63. The summed E-state index contributed by atoms with van der Waals surface area (Å²) < 4.78 is 0. The Kier molecular flexibility index (Phi) is 3.93. The summed E-state index contributed by atoms with van der Waals surface area (Å²) in [4.78, 5) is 16.2. The Morgan fingerprint density at radius 2 is 2.00 bits per heavy atom. The number of primary amides is 1. The summed E-state index contributed by atoms with van der Waals surface area (Å²) in [6.07, 6.45) is 2.45. The molecule has 0 bridgehead atoms. The molecule has 1 heterocycles. The fourth-order valence-corrected chi connectivity index (χ4v) is 3.95. The summed E-state index contributed by atoms with van der Waals surface area (Å²) in [5.74, 6) is -0.260. The van der Waals surface area contributed by atoms with Crippen LogP contribution in [0.4, 0.5) is 5.82 Å². The van der Waals surface area contributed by atoms with Gasteiger partial charge in [-0.1, -0.05) is 48.0 Å². The predicted molar refractivity (Wildman–Crippen MR) is 104 cm³/mol. The third-order valence-electron chi connectivity index (χ3n) is 5.06. The lowest BCUT2D eigenvalue weighted by Crippen LogP contribution is -2.21. The molecular formula is C21H18ClN3O. The fraction of sp³-hybridized carbons (Fsp3) is 0.143. The fourth-order valence-electron chi connectivity index (χ4n) is 3.76. The van der Waals surface area contributed by atoms with Crippen LogP contribution < -0.4 is 11.5 Å². The van der Waals surface area contributed by atoms with Crippen LogP contribution in [0.1, 0.15) is 38.5 Å². The first-order chi connectivity index (χ1) is 12.5. The molecule has 4 rings (SSSR count). The van der Waals surface area contributed by atoms with E-state index in [2.05, 4.69) is 17.1 Å². The van der Waals surface area contributed by atoms with Gasteiger partial charge in [0.15, 0.2) is 0 Å². The lowest BCUT2D eigenvalue weighted by atomic mass is 9.75. The highest BCUT2D eigenvalue weighted by molar-refractivity contribution is 6.31. The van der Waals surface area contributed by atoms with Crippen molar-refractivity contribution in [2.75, 3.05) is 5.73 Å². The molecule has 1 amide bonds. The molecular weight excluding hydrogens is 346 g/mol. The number of nitrogen functional groups attached to an aromatic ring is 1. The van der Waals surface area contributed by atoms with Crippen LogP contribution in [0.25, 0.3) is 11.1 Å². The second-order valence-electron chi connectivity index (χ2n) is 6.64. The number of anilines is 1. The zero-order valence-electron chi connectivity index (χ0n) is 14.3. The molecule has 1 aromatic heterocycles. The molecule has 4 nitrogen and oxygen atoms in total. The lowest BCUT2D eigenvalue weighted by Gasteiger charge is -2.29. The second-order valence-corrected chi connectivity index (χ2v) is 7.04. The second kappa shape index (κ2) is 6.15. The van der Waals surface area contributed by atoms with Gasteiger partial charge in [0.25, 0.3) is 5.91 Å². The molecule has 0 fully saturated rings. The molecule has 1 unspecified atom stereocenters. The van der Waals surface area contributed by atoms with Crippen molar-refractivity contribution in [1.82, 2.24) is 4.98 Å². The van der Waals surface area contributed by atoms with Crippen LogP contribution in [-0.2, 0) is 6.42 Å². The molecule has 26 heavy (non-hydrogen) atoms. The molecule has 130 valence electrons. The average molecular weight is 364 g/mol. The first-order valence-electron chi connectivity index (χ1n) is 8.40. The zero-order valence-corrected chi connectivity index (χ0v) is 15.0. The molecule has 0 saturated carbocycles. The molecule has 2 aromatic carbocycles. The van der Waals surface area contributed by atoms with E-state index in [9.17, 15) is 4.79 Å². The third kappa shape index (κ3) is 2.54. The third-order valence-corrected chi connectivity index (χ3v) is 5.47. The monoisotopic (exact) mass is 363 g/mol. The van der Waals surface area contributed by atoms with Crippen LogP contribution >= 0.6 is 11.6 Å². The van der Waals surface area contributed by atoms with Crippen molar-refractivity contribution in [2.24, 2.45) is 5.73 Å². The topological polar surface area (TPSA) is 82.0 Å². The highest BCUT2D eigenvalue weighted by atomic mass is 35.5. The van der Waals surface area contributed by atoms with E-state index in [4.69, 9.17) is 23.1 Å². The van der Waals surface area contributed by atoms with Gasteiger partial charge in [0.1, 0.15) is 5.82 Å². The molecule has 0 saturated heterocycles. The highest BCUT2D eigenvalue weighted by Gasteiger charge is 2.30. The lowest BCUT2D eigenvalue weighted by molar-refractivity contribution is 0.100. The number of carbonyl (C=O) groups excluding carboxylic acids is 1. The van der Waals surface area contributed by atoms with Crippen molar-refractivity contribution in [3.05, 3.63) is 81.5 Å². The Hall–Kier alpha value is -2.85. The quantitative estimate of drug-likeness (QED) is 0.719. The van der Waals surface area contributed by atoms with Crippen LogP contribution in [0.3, 0.4) is 0 Å². The van der Waals surface area contributed by atoms with Gasteiger partial charge in [0.05, 0.1) is 5.56 Å². The minimum atomic E-state index is -0.557. The van der Waals surface area contributed by atoms with Gasteiger partial charge in [-0.05, 0) is 47.2 Å². The van der Waals surface area contributed by atoms with Gasteiger partial charge >= 0.3 is 0 Å². The van der Waals surface area contributed by atoms with Gasteiger partial charge in [-0.25, -0.2) is 4.98 Å². The number of aromatic nitrogens is 1. The highest BCUT2D eigenvalue weighted by Crippen LogP contribution is 2.45. The first kappa shape index (κ1) is 16.6. The molecule has 4 N–H and O–H groups in total. The van der Waals surface area contributed by atoms with Crippen molar-refractivity contribution in [2.45, 2.75) is 19.3 Å². The minimum Gasteiger partial charge on any atom is -0.383 e. The molecule has 5 heteroatoms. The van der Waals surface area contributed by atoms with E-state index in [1.807, 2.05) is 37.3 Å². The summed E-state index contributed by atoms with van der Waals surface area (Å²) in [5.41, 5.74) is 17.9. The molecule has 1 aliphatic rings. The minimum absolute atomic E-state index is 0.128. The van der Waals surface area contributed by atoms with E-state index in [0.29, 0.717) is 12.0 Å². The van der Waals surface area contributed by atoms with Gasteiger partial charge in [0.2, 0.25) is 0 Å². The van der Waals surface area contributed by atoms with Crippen molar-refractivity contribution >= 4 is 23.3 Å². The summed E-state index contributed by atoms with van der Waals surface area (Å²) >= 11 is 6.36. The van der Waals surface area contributed by atoms with Crippen molar-refractivity contribution in [1.29, 1.82) is 0 Å². The Morgan fingerprint density at radius 1 is 1.23 bits per heavy atom. The standard InChI is InChI=1S/C21H18ClN3O/c1-11-6-7-12(9-17(11)22)16-8-13-10-25-20(23)19(21(24)26)18(13)15-5-3-2-4-14(15)16/h2-7,9-10,16H,8H2,1H3,(H2,23,25)(H2,24,26). The number of carbonyl (C=O) groups is 1. The van der Waals surface area contributed by atoms with Gasteiger partial charge in [-0.15, -0.1) is 0 Å². The predicted octanol–water partition coefficient (Wildman–Crippen LogP) is 4.08. The number of amides is 1. The van der Waals surface area contributed by atoms with E-state index in [1.165, 1.54) is 0 Å². The van der Waals surface area contributed by atoms with E-state index in [1.54, 1.807) is 6.20 Å². The normalized spacial score (nSPS) is 15.2. The Morgan fingerprint density at radius 3 is 2.73 bits per heavy atom.